The number of unbranched alkanes of at least 4 members (excludes halogenated alkanes) is 38. The molecule has 3 fully saturated rings. The Morgan fingerprint density at radius 3 is 1.39 bits per heavy atom. The highest BCUT2D eigenvalue weighted by molar-refractivity contribution is 5.77. The third-order valence-electron chi connectivity index (χ3n) is 19.7. The van der Waals surface area contributed by atoms with Crippen LogP contribution in [0.25, 0.3) is 0 Å². The van der Waals surface area contributed by atoms with Gasteiger partial charge in [0.15, 0.2) is 12.6 Å². The second-order valence-electron chi connectivity index (χ2n) is 28.2. The second kappa shape index (κ2) is 54.2. The molecular formula is C74H138N2O21. The second-order valence-corrected chi connectivity index (χ2v) is 28.2. The first-order chi connectivity index (χ1) is 46.9. The highest BCUT2D eigenvalue weighted by Gasteiger charge is 2.60. The van der Waals surface area contributed by atoms with Gasteiger partial charge in [-0.25, -0.2) is 4.79 Å². The number of amides is 2. The summed E-state index contributed by atoms with van der Waals surface area (Å²) in [4.78, 5) is 38.7. The van der Waals surface area contributed by atoms with Crippen LogP contribution in [0.2, 0.25) is 0 Å². The van der Waals surface area contributed by atoms with Crippen molar-refractivity contribution in [3.05, 3.63) is 12.2 Å². The van der Waals surface area contributed by atoms with Gasteiger partial charge >= 0.3 is 5.97 Å². The highest BCUT2D eigenvalue weighted by atomic mass is 16.8. The molecule has 0 aromatic rings. The van der Waals surface area contributed by atoms with E-state index in [0.29, 0.717) is 19.3 Å². The van der Waals surface area contributed by atoms with E-state index in [0.717, 1.165) is 84.0 Å². The molecule has 0 aliphatic carbocycles. The number of aliphatic carboxylic acids is 1. The van der Waals surface area contributed by atoms with E-state index >= 15 is 0 Å². The monoisotopic (exact) mass is 1390 g/mol. The van der Waals surface area contributed by atoms with Crippen molar-refractivity contribution in [2.45, 2.75) is 413 Å². The number of nitrogens with one attached hydrogen (secondary N) is 2. The maximum absolute atomic E-state index is 13.5. The van der Waals surface area contributed by atoms with Crippen molar-refractivity contribution in [1.82, 2.24) is 10.6 Å². The largest absolute Gasteiger partial charge is 0.477 e. The van der Waals surface area contributed by atoms with Gasteiger partial charge < -0.3 is 100 Å². The molecule has 3 aliphatic rings. The van der Waals surface area contributed by atoms with Crippen molar-refractivity contribution in [2.75, 3.05) is 26.4 Å². The Morgan fingerprint density at radius 2 is 0.959 bits per heavy atom. The molecule has 2 amide bonds. The molecule has 0 spiro atoms. The molecule has 97 heavy (non-hydrogen) atoms. The van der Waals surface area contributed by atoms with Gasteiger partial charge in [0.2, 0.25) is 11.8 Å². The van der Waals surface area contributed by atoms with Crippen LogP contribution in [0.15, 0.2) is 12.2 Å². The number of allylic oxidation sites excluding steroid dienone is 2. The van der Waals surface area contributed by atoms with Crippen LogP contribution in [-0.4, -0.2) is 215 Å². The molecule has 570 valence electrons. The first-order valence-electron chi connectivity index (χ1n) is 38.5. The predicted molar refractivity (Wildman–Crippen MR) is 371 cm³/mol. The number of aliphatic hydroxyl groups excluding tert-OH is 11. The molecule has 0 bridgehead atoms. The lowest BCUT2D eigenvalue weighted by molar-refractivity contribution is -0.386. The minimum Gasteiger partial charge on any atom is -0.477 e. The first-order valence-corrected chi connectivity index (χ1v) is 38.5. The number of aliphatic hydroxyl groups is 11. The Morgan fingerprint density at radius 1 is 0.526 bits per heavy atom. The van der Waals surface area contributed by atoms with E-state index in [2.05, 4.69) is 36.6 Å². The summed E-state index contributed by atoms with van der Waals surface area (Å²) in [6.07, 6.45) is 26.3. The van der Waals surface area contributed by atoms with Crippen molar-refractivity contribution in [3.8, 4) is 0 Å². The molecule has 23 heteroatoms. The number of carboxylic acid groups (broad SMARTS) is 1. The predicted octanol–water partition coefficient (Wildman–Crippen LogP) is 9.02. The number of ether oxygens (including phenoxy) is 6. The van der Waals surface area contributed by atoms with Crippen LogP contribution in [0.4, 0.5) is 0 Å². The van der Waals surface area contributed by atoms with E-state index in [1.54, 1.807) is 0 Å². The van der Waals surface area contributed by atoms with E-state index in [1.165, 1.54) is 173 Å². The fourth-order valence-corrected chi connectivity index (χ4v) is 13.6. The highest BCUT2D eigenvalue weighted by Crippen LogP contribution is 2.39. The van der Waals surface area contributed by atoms with Gasteiger partial charge in [0.1, 0.15) is 67.1 Å². The minimum atomic E-state index is -3.08. The molecule has 0 radical (unpaired) electrons. The van der Waals surface area contributed by atoms with Gasteiger partial charge in [0.25, 0.3) is 5.79 Å². The van der Waals surface area contributed by atoms with Gasteiger partial charge in [-0.1, -0.05) is 257 Å². The lowest BCUT2D eigenvalue weighted by Gasteiger charge is -2.50. The fraction of sp³-hybridized carbons (Fsp3) is 0.932. The lowest BCUT2D eigenvalue weighted by Crippen LogP contribution is -2.70. The summed E-state index contributed by atoms with van der Waals surface area (Å²) < 4.78 is 34.9. The number of rotatable bonds is 60. The average Bonchev–Trinajstić information content (AvgIpc) is 0.758. The maximum Gasteiger partial charge on any atom is 0.364 e. The Labute approximate surface area is 581 Å². The first kappa shape index (κ1) is 88.7. The summed E-state index contributed by atoms with van der Waals surface area (Å²) in [7, 11) is 0. The molecule has 0 aromatic heterocycles. The van der Waals surface area contributed by atoms with Crippen LogP contribution in [0.5, 0.6) is 0 Å². The third kappa shape index (κ3) is 35.5. The van der Waals surface area contributed by atoms with E-state index < -0.39 is 148 Å². The molecule has 18 atom stereocenters. The smallest absolute Gasteiger partial charge is 0.364 e. The summed E-state index contributed by atoms with van der Waals surface area (Å²) in [6.45, 7) is 2.24. The van der Waals surface area contributed by atoms with Crippen molar-refractivity contribution in [1.29, 1.82) is 0 Å². The number of carbonyl (C=O) groups is 3. The molecule has 3 saturated heterocycles. The van der Waals surface area contributed by atoms with Crippen LogP contribution < -0.4 is 10.6 Å². The van der Waals surface area contributed by atoms with Crippen LogP contribution in [0, 0.1) is 0 Å². The summed E-state index contributed by atoms with van der Waals surface area (Å²) in [5.74, 6) is -6.10. The summed E-state index contributed by atoms with van der Waals surface area (Å²) in [6, 6.07) is -2.53. The van der Waals surface area contributed by atoms with Gasteiger partial charge in [-0.15, -0.1) is 0 Å². The SMILES string of the molecule is CCCCCCCCCCC/C=C\CCCCCCCCCC(=O)NC(COC1OC(CO)C(OC2OC(CO)C(O)C(OC3(C(=O)O)CC(O)C(NC(C)=O)C(C(O)C(O)CO)O3)C2O)C(O)C1O)C(O)CCCCCCCCCCCCCCCCCCCCCCCCC. The minimum absolute atomic E-state index is 0.220. The molecule has 0 aromatic carbocycles. The van der Waals surface area contributed by atoms with Gasteiger partial charge in [-0.2, -0.15) is 0 Å². The normalized spacial score (nSPS) is 27.4. The van der Waals surface area contributed by atoms with Crippen molar-refractivity contribution in [2.24, 2.45) is 0 Å². The van der Waals surface area contributed by atoms with Crippen LogP contribution in [0.3, 0.4) is 0 Å². The maximum atomic E-state index is 13.5. The number of hydrogen-bond donors (Lipinski definition) is 14. The summed E-state index contributed by atoms with van der Waals surface area (Å²) in [5, 5.41) is 136. The van der Waals surface area contributed by atoms with Crippen molar-refractivity contribution < 1.29 is 104 Å². The Balaban J connectivity index is 1.55. The Hall–Kier alpha value is -2.53. The number of carboxylic acids is 1. The molecule has 3 heterocycles. The third-order valence-corrected chi connectivity index (χ3v) is 19.7. The van der Waals surface area contributed by atoms with Crippen molar-refractivity contribution >= 4 is 17.8 Å². The average molecular weight is 1390 g/mol. The van der Waals surface area contributed by atoms with E-state index in [-0.39, 0.29) is 18.9 Å². The molecule has 0 saturated carbocycles. The zero-order valence-electron chi connectivity index (χ0n) is 60.0. The quantitative estimate of drug-likeness (QED) is 0.0199. The molecule has 18 unspecified atom stereocenters. The number of carbonyl (C=O) groups excluding carboxylic acids is 2. The standard InChI is InChI=1S/C74H138N2O21/c1-4-6-8-10-12-14-16-18-20-22-24-26-27-28-29-31-33-35-37-39-41-43-45-47-56(81)55(76-61(84)48-46-44-42-40-38-36-34-32-30-25-23-21-19-17-15-13-11-9-7-5-2)53-92-71-66(88)65(87)68(60(52-79)94-71)95-72-67(89)70(64(86)59(51-78)93-72)97-74(73(90)91)49-57(82)62(75-54(3)80)69(96-74)63(85)58(83)50-77/h25,30,55-60,62-72,77-79,81-83,85-89H,4-24,26-29,31-53H2,1-3H3,(H,75,80)(H,76,84)(H,90,91)/b30-25-. The molecule has 3 rings (SSSR count). The number of hydrogen-bond acceptors (Lipinski definition) is 20. The molecule has 23 nitrogen and oxygen atoms in total. The molecule has 14 N–H and O–H groups in total. The van der Waals surface area contributed by atoms with E-state index in [9.17, 15) is 75.7 Å². The van der Waals surface area contributed by atoms with E-state index in [4.69, 9.17) is 28.4 Å². The zero-order valence-corrected chi connectivity index (χ0v) is 60.0. The van der Waals surface area contributed by atoms with Gasteiger partial charge in [-0.3, -0.25) is 9.59 Å². The Kier molecular flexibility index (Phi) is 49.5. The summed E-state index contributed by atoms with van der Waals surface area (Å²) >= 11 is 0. The summed E-state index contributed by atoms with van der Waals surface area (Å²) in [5.41, 5.74) is 0. The fourth-order valence-electron chi connectivity index (χ4n) is 13.6. The Bertz CT molecular complexity index is 2000. The lowest BCUT2D eigenvalue weighted by atomic mass is 9.88. The molecular weight excluding hydrogens is 1250 g/mol. The van der Waals surface area contributed by atoms with E-state index in [1.807, 2.05) is 0 Å². The van der Waals surface area contributed by atoms with Crippen LogP contribution >= 0.6 is 0 Å². The molecule has 3 aliphatic heterocycles. The van der Waals surface area contributed by atoms with Crippen molar-refractivity contribution in [3.63, 3.8) is 0 Å². The van der Waals surface area contributed by atoms with Crippen LogP contribution in [-0.2, 0) is 42.8 Å². The zero-order chi connectivity index (χ0) is 71.1. The van der Waals surface area contributed by atoms with Gasteiger partial charge in [0, 0.05) is 19.8 Å². The van der Waals surface area contributed by atoms with Gasteiger partial charge in [0.05, 0.1) is 50.7 Å². The van der Waals surface area contributed by atoms with Crippen LogP contribution in [0.1, 0.15) is 303 Å². The van der Waals surface area contributed by atoms with Gasteiger partial charge in [-0.05, 0) is 38.5 Å². The topological polar surface area (TPSA) is 373 Å².